The molecular weight excluding hydrogens is 138 g/mol. The van der Waals surface area contributed by atoms with Crippen molar-refractivity contribution < 1.29 is 19.7 Å². The molecule has 0 aromatic heterocycles. The van der Waals surface area contributed by atoms with E-state index in [0.717, 1.165) is 0 Å². The zero-order valence-electron chi connectivity index (χ0n) is 5.70. The number of carbonyl (C=O) groups excluding carboxylic acids is 1. The van der Waals surface area contributed by atoms with Gasteiger partial charge in [-0.2, -0.15) is 0 Å². The predicted molar refractivity (Wildman–Crippen MR) is 33.5 cm³/mol. The summed E-state index contributed by atoms with van der Waals surface area (Å²) >= 11 is 0. The molecule has 0 aromatic rings. The molecule has 5 heteroatoms. The Morgan fingerprint density at radius 2 is 2.10 bits per heavy atom. The summed E-state index contributed by atoms with van der Waals surface area (Å²) in [6.45, 7) is -0.742. The van der Waals surface area contributed by atoms with Crippen LogP contribution < -0.4 is 5.32 Å². The van der Waals surface area contributed by atoms with Crippen LogP contribution in [0.3, 0.4) is 0 Å². The summed E-state index contributed by atoms with van der Waals surface area (Å²) in [5.41, 5.74) is 0. The number of carbonyl (C=O) groups is 1. The third-order valence-electron chi connectivity index (χ3n) is 0.885. The maximum Gasteiger partial charge on any atom is 0.407 e. The molecule has 0 bridgehead atoms. The minimum atomic E-state index is -0.819. The first-order chi connectivity index (χ1) is 4.74. The third-order valence-corrected chi connectivity index (χ3v) is 0.885. The van der Waals surface area contributed by atoms with Crippen molar-refractivity contribution in [1.29, 1.82) is 0 Å². The van der Waals surface area contributed by atoms with Crippen molar-refractivity contribution in [2.45, 2.75) is 6.10 Å². The molecule has 0 heterocycles. The van der Waals surface area contributed by atoms with E-state index in [-0.39, 0.29) is 13.2 Å². The maximum atomic E-state index is 10.4. The van der Waals surface area contributed by atoms with Crippen LogP contribution in [0.25, 0.3) is 0 Å². The SMILES string of the molecule is CNC(=O)OC(CO)CO. The quantitative estimate of drug-likeness (QED) is 0.466. The highest BCUT2D eigenvalue weighted by atomic mass is 16.6. The topological polar surface area (TPSA) is 78.8 Å². The molecule has 0 aliphatic carbocycles. The molecule has 10 heavy (non-hydrogen) atoms. The first-order valence-corrected chi connectivity index (χ1v) is 2.84. The highest BCUT2D eigenvalue weighted by Gasteiger charge is 2.09. The number of hydrogen-bond acceptors (Lipinski definition) is 4. The van der Waals surface area contributed by atoms with E-state index in [4.69, 9.17) is 10.2 Å². The van der Waals surface area contributed by atoms with Gasteiger partial charge >= 0.3 is 6.09 Å². The summed E-state index contributed by atoms with van der Waals surface area (Å²) < 4.78 is 4.45. The normalized spacial score (nSPS) is 9.60. The maximum absolute atomic E-state index is 10.4. The molecule has 0 fully saturated rings. The molecule has 0 atom stereocenters. The number of amides is 1. The summed E-state index contributed by atoms with van der Waals surface area (Å²) in [5, 5.41) is 19.0. The highest BCUT2D eigenvalue weighted by Crippen LogP contribution is 1.88. The van der Waals surface area contributed by atoms with E-state index in [1.165, 1.54) is 7.05 Å². The minimum Gasteiger partial charge on any atom is -0.441 e. The van der Waals surface area contributed by atoms with Crippen LogP contribution in [0.1, 0.15) is 0 Å². The molecule has 0 saturated carbocycles. The lowest BCUT2D eigenvalue weighted by Crippen LogP contribution is -2.30. The first-order valence-electron chi connectivity index (χ1n) is 2.84. The van der Waals surface area contributed by atoms with Crippen LogP contribution in [0.5, 0.6) is 0 Å². The van der Waals surface area contributed by atoms with Crippen molar-refractivity contribution >= 4 is 6.09 Å². The number of alkyl carbamates (subject to hydrolysis) is 1. The van der Waals surface area contributed by atoms with Crippen molar-refractivity contribution in [3.8, 4) is 0 Å². The largest absolute Gasteiger partial charge is 0.441 e. The molecule has 0 aliphatic rings. The average Bonchev–Trinajstić information content (AvgIpc) is 1.99. The molecule has 0 unspecified atom stereocenters. The standard InChI is InChI=1S/C5H11NO4/c1-6-5(9)10-4(2-7)3-8/h4,7-8H,2-3H2,1H3,(H,6,9). The molecule has 0 aromatic carbocycles. The van der Waals surface area contributed by atoms with E-state index < -0.39 is 12.2 Å². The van der Waals surface area contributed by atoms with Gasteiger partial charge in [-0.05, 0) is 0 Å². The van der Waals surface area contributed by atoms with E-state index in [1.54, 1.807) is 0 Å². The zero-order valence-corrected chi connectivity index (χ0v) is 5.70. The van der Waals surface area contributed by atoms with Crippen LogP contribution in [0.4, 0.5) is 4.79 Å². The van der Waals surface area contributed by atoms with Gasteiger partial charge in [-0.15, -0.1) is 0 Å². The lowest BCUT2D eigenvalue weighted by Gasteiger charge is -2.10. The van der Waals surface area contributed by atoms with Gasteiger partial charge < -0.3 is 20.3 Å². The van der Waals surface area contributed by atoms with Gasteiger partial charge in [0.2, 0.25) is 0 Å². The van der Waals surface area contributed by atoms with Crippen molar-refractivity contribution in [3.63, 3.8) is 0 Å². The van der Waals surface area contributed by atoms with E-state index in [0.29, 0.717) is 0 Å². The summed E-state index contributed by atoms with van der Waals surface area (Å²) in [4.78, 5) is 10.4. The second-order valence-electron chi connectivity index (χ2n) is 1.64. The van der Waals surface area contributed by atoms with Crippen molar-refractivity contribution in [1.82, 2.24) is 5.32 Å². The number of ether oxygens (including phenoxy) is 1. The van der Waals surface area contributed by atoms with Crippen LogP contribution in [-0.4, -0.2) is 42.7 Å². The Kier molecular flexibility index (Phi) is 4.61. The smallest absolute Gasteiger partial charge is 0.407 e. The van der Waals surface area contributed by atoms with Crippen LogP contribution in [0.2, 0.25) is 0 Å². The lowest BCUT2D eigenvalue weighted by molar-refractivity contribution is 0.0232. The van der Waals surface area contributed by atoms with E-state index in [1.807, 2.05) is 0 Å². The van der Waals surface area contributed by atoms with E-state index in [9.17, 15) is 4.79 Å². The van der Waals surface area contributed by atoms with Crippen LogP contribution in [-0.2, 0) is 4.74 Å². The van der Waals surface area contributed by atoms with E-state index >= 15 is 0 Å². The van der Waals surface area contributed by atoms with Gasteiger partial charge in [0, 0.05) is 7.05 Å². The van der Waals surface area contributed by atoms with Gasteiger partial charge in [0.05, 0.1) is 13.2 Å². The average molecular weight is 149 g/mol. The molecule has 5 nitrogen and oxygen atoms in total. The molecule has 0 rings (SSSR count). The van der Waals surface area contributed by atoms with Gasteiger partial charge in [-0.3, -0.25) is 0 Å². The van der Waals surface area contributed by atoms with Crippen molar-refractivity contribution in [2.75, 3.05) is 20.3 Å². The predicted octanol–water partition coefficient (Wildman–Crippen LogP) is -1.30. The minimum absolute atomic E-state index is 0.371. The fourth-order valence-corrected chi connectivity index (χ4v) is 0.343. The van der Waals surface area contributed by atoms with Gasteiger partial charge in [-0.25, -0.2) is 4.79 Å². The Balaban J connectivity index is 3.52. The molecule has 60 valence electrons. The van der Waals surface area contributed by atoms with Crippen LogP contribution in [0.15, 0.2) is 0 Å². The number of aliphatic hydroxyl groups excluding tert-OH is 2. The van der Waals surface area contributed by atoms with Crippen LogP contribution in [0, 0.1) is 0 Å². The van der Waals surface area contributed by atoms with Crippen LogP contribution >= 0.6 is 0 Å². The number of rotatable bonds is 3. The molecule has 0 radical (unpaired) electrons. The molecule has 1 amide bonds. The Labute approximate surface area is 58.6 Å². The Morgan fingerprint density at radius 1 is 1.60 bits per heavy atom. The fourth-order valence-electron chi connectivity index (χ4n) is 0.343. The second-order valence-corrected chi connectivity index (χ2v) is 1.64. The molecule has 0 saturated heterocycles. The summed E-state index contributed by atoms with van der Waals surface area (Å²) in [7, 11) is 1.40. The Morgan fingerprint density at radius 3 is 2.40 bits per heavy atom. The first kappa shape index (κ1) is 9.19. The van der Waals surface area contributed by atoms with Crippen molar-refractivity contribution in [2.24, 2.45) is 0 Å². The van der Waals surface area contributed by atoms with Gasteiger partial charge in [0.15, 0.2) is 0 Å². The van der Waals surface area contributed by atoms with Gasteiger partial charge in [0.25, 0.3) is 0 Å². The van der Waals surface area contributed by atoms with Gasteiger partial charge in [0.1, 0.15) is 6.10 Å². The molecular formula is C5H11NO4. The highest BCUT2D eigenvalue weighted by molar-refractivity contribution is 5.66. The third kappa shape index (κ3) is 3.26. The van der Waals surface area contributed by atoms with E-state index in [2.05, 4.69) is 10.1 Å². The zero-order chi connectivity index (χ0) is 7.98. The molecule has 0 spiro atoms. The lowest BCUT2D eigenvalue weighted by atomic mass is 10.4. The Bertz CT molecular complexity index is 102. The fraction of sp³-hybridized carbons (Fsp3) is 0.800. The number of aliphatic hydroxyl groups is 2. The van der Waals surface area contributed by atoms with Gasteiger partial charge in [-0.1, -0.05) is 0 Å². The summed E-state index contributed by atoms with van der Waals surface area (Å²) in [5.74, 6) is 0. The summed E-state index contributed by atoms with van der Waals surface area (Å²) in [6, 6.07) is 0. The monoisotopic (exact) mass is 149 g/mol. The van der Waals surface area contributed by atoms with Crippen molar-refractivity contribution in [3.05, 3.63) is 0 Å². The Hall–Kier alpha value is -0.810. The molecule has 0 aliphatic heterocycles. The molecule has 3 N–H and O–H groups in total. The number of hydrogen-bond donors (Lipinski definition) is 3. The second kappa shape index (κ2) is 5.01. The summed E-state index contributed by atoms with van der Waals surface area (Å²) in [6.07, 6.45) is -1.48. The number of nitrogens with one attached hydrogen (secondary N) is 1.